The maximum Gasteiger partial charge on any atom is 0.348 e. The number of esters is 1. The Bertz CT molecular complexity index is 1050. The van der Waals surface area contributed by atoms with Crippen molar-refractivity contribution in [1.82, 2.24) is 9.47 Å². The molecule has 1 aromatic heterocycles. The molecule has 7 nitrogen and oxygen atoms in total. The van der Waals surface area contributed by atoms with Gasteiger partial charge in [-0.25, -0.2) is 4.79 Å². The van der Waals surface area contributed by atoms with Crippen molar-refractivity contribution in [2.24, 2.45) is 0 Å². The standard InChI is InChI=1S/C23H23N3O4/c1-4-9-25-15(2)12-17(16(25)3)13-18(14-24)23(29)30-11-10-26-21(27)19-7-5-6-8-20(19)22(26)28/h5-8,12-13H,4,9-11H2,1-3H3. The molecule has 0 radical (unpaired) electrons. The number of fused-ring (bicyclic) bond motifs is 1. The summed E-state index contributed by atoms with van der Waals surface area (Å²) >= 11 is 0. The summed E-state index contributed by atoms with van der Waals surface area (Å²) in [6.07, 6.45) is 2.49. The average molecular weight is 405 g/mol. The number of nitriles is 1. The number of nitrogens with zero attached hydrogens (tertiary/aromatic N) is 3. The van der Waals surface area contributed by atoms with E-state index in [4.69, 9.17) is 4.74 Å². The first-order valence-electron chi connectivity index (χ1n) is 9.79. The fourth-order valence-corrected chi connectivity index (χ4v) is 3.58. The van der Waals surface area contributed by atoms with Crippen LogP contribution in [-0.4, -0.2) is 40.4 Å². The minimum atomic E-state index is -0.783. The number of imide groups is 1. The molecule has 154 valence electrons. The van der Waals surface area contributed by atoms with Crippen molar-refractivity contribution in [3.8, 4) is 6.07 Å². The summed E-state index contributed by atoms with van der Waals surface area (Å²) in [5, 5.41) is 9.40. The second kappa shape index (κ2) is 8.78. The molecular weight excluding hydrogens is 382 g/mol. The number of amides is 2. The summed E-state index contributed by atoms with van der Waals surface area (Å²) in [5.74, 6) is -1.61. The molecule has 1 aliphatic rings. The van der Waals surface area contributed by atoms with Gasteiger partial charge in [-0.15, -0.1) is 0 Å². The molecule has 0 fully saturated rings. The topological polar surface area (TPSA) is 92.4 Å². The predicted octanol–water partition coefficient (Wildman–Crippen LogP) is 3.26. The molecule has 0 saturated carbocycles. The Labute approximate surface area is 175 Å². The molecule has 1 aliphatic heterocycles. The lowest BCUT2D eigenvalue weighted by atomic mass is 10.1. The predicted molar refractivity (Wildman–Crippen MR) is 111 cm³/mol. The number of rotatable bonds is 7. The number of ether oxygens (including phenoxy) is 1. The average Bonchev–Trinajstić information content (AvgIpc) is 3.14. The number of hydrogen-bond donors (Lipinski definition) is 0. The maximum atomic E-state index is 12.4. The lowest BCUT2D eigenvalue weighted by molar-refractivity contribution is -0.138. The molecule has 2 amide bonds. The Morgan fingerprint density at radius 2 is 1.77 bits per heavy atom. The summed E-state index contributed by atoms with van der Waals surface area (Å²) < 4.78 is 7.30. The zero-order chi connectivity index (χ0) is 21.8. The fourth-order valence-electron chi connectivity index (χ4n) is 3.58. The molecule has 0 spiro atoms. The van der Waals surface area contributed by atoms with E-state index < -0.39 is 17.8 Å². The quantitative estimate of drug-likeness (QED) is 0.305. The van der Waals surface area contributed by atoms with Gasteiger partial charge in [-0.05, 0) is 50.1 Å². The van der Waals surface area contributed by atoms with Gasteiger partial charge in [-0.3, -0.25) is 14.5 Å². The highest BCUT2D eigenvalue weighted by molar-refractivity contribution is 6.21. The van der Waals surface area contributed by atoms with Crippen molar-refractivity contribution in [3.63, 3.8) is 0 Å². The summed E-state index contributed by atoms with van der Waals surface area (Å²) in [5.41, 5.74) is 3.37. The third-order valence-corrected chi connectivity index (χ3v) is 5.13. The molecule has 0 bridgehead atoms. The summed E-state index contributed by atoms with van der Waals surface area (Å²) in [7, 11) is 0. The maximum absolute atomic E-state index is 12.4. The first-order chi connectivity index (χ1) is 14.4. The van der Waals surface area contributed by atoms with Crippen LogP contribution in [0.1, 0.15) is 51.0 Å². The molecule has 2 aromatic rings. The third kappa shape index (κ3) is 3.90. The highest BCUT2D eigenvalue weighted by Gasteiger charge is 2.34. The minimum Gasteiger partial charge on any atom is -0.460 e. The molecule has 2 heterocycles. The van der Waals surface area contributed by atoms with E-state index in [-0.39, 0.29) is 18.7 Å². The molecule has 0 N–H and O–H groups in total. The number of carbonyl (C=O) groups is 3. The largest absolute Gasteiger partial charge is 0.460 e. The van der Waals surface area contributed by atoms with Gasteiger partial charge in [0, 0.05) is 17.9 Å². The fraction of sp³-hybridized carbons (Fsp3) is 0.304. The number of hydrogen-bond acceptors (Lipinski definition) is 5. The van der Waals surface area contributed by atoms with Crippen molar-refractivity contribution in [1.29, 1.82) is 5.26 Å². The first kappa shape index (κ1) is 21.1. The number of aromatic nitrogens is 1. The van der Waals surface area contributed by atoms with Gasteiger partial charge < -0.3 is 9.30 Å². The van der Waals surface area contributed by atoms with Crippen LogP contribution < -0.4 is 0 Å². The SMILES string of the molecule is CCCn1c(C)cc(C=C(C#N)C(=O)OCCN2C(=O)c3ccccc3C2=O)c1C. The van der Waals surface area contributed by atoms with Crippen molar-refractivity contribution in [3.05, 3.63) is 64.0 Å². The van der Waals surface area contributed by atoms with Crippen LogP contribution in [0.4, 0.5) is 0 Å². The number of carbonyl (C=O) groups excluding carboxylic acids is 3. The minimum absolute atomic E-state index is 0.0677. The molecule has 1 aromatic carbocycles. The molecule has 3 rings (SSSR count). The highest BCUT2D eigenvalue weighted by atomic mass is 16.5. The molecule has 7 heteroatoms. The summed E-state index contributed by atoms with van der Waals surface area (Å²) in [6, 6.07) is 10.4. The van der Waals surface area contributed by atoms with Crippen molar-refractivity contribution in [2.75, 3.05) is 13.2 Å². The van der Waals surface area contributed by atoms with E-state index in [1.165, 1.54) is 6.08 Å². The Morgan fingerprint density at radius 3 is 2.33 bits per heavy atom. The van der Waals surface area contributed by atoms with E-state index in [9.17, 15) is 19.6 Å². The highest BCUT2D eigenvalue weighted by Crippen LogP contribution is 2.22. The van der Waals surface area contributed by atoms with Gasteiger partial charge in [0.05, 0.1) is 17.7 Å². The van der Waals surface area contributed by atoms with Gasteiger partial charge >= 0.3 is 5.97 Å². The normalized spacial score (nSPS) is 13.4. The number of benzene rings is 1. The van der Waals surface area contributed by atoms with Crippen LogP contribution in [0, 0.1) is 25.2 Å². The molecule has 30 heavy (non-hydrogen) atoms. The Morgan fingerprint density at radius 1 is 1.13 bits per heavy atom. The van der Waals surface area contributed by atoms with Crippen molar-refractivity contribution >= 4 is 23.9 Å². The number of aryl methyl sites for hydroxylation is 1. The van der Waals surface area contributed by atoms with E-state index >= 15 is 0 Å². The molecular formula is C23H23N3O4. The van der Waals surface area contributed by atoms with Gasteiger partial charge in [0.15, 0.2) is 0 Å². The van der Waals surface area contributed by atoms with Crippen LogP contribution in [0.25, 0.3) is 6.08 Å². The smallest absolute Gasteiger partial charge is 0.348 e. The Hall–Kier alpha value is -3.66. The van der Waals surface area contributed by atoms with E-state index in [1.807, 2.05) is 26.0 Å². The van der Waals surface area contributed by atoms with Crippen LogP contribution in [0.15, 0.2) is 35.9 Å². The summed E-state index contributed by atoms with van der Waals surface area (Å²) in [4.78, 5) is 38.1. The van der Waals surface area contributed by atoms with Crippen LogP contribution in [0.5, 0.6) is 0 Å². The van der Waals surface area contributed by atoms with E-state index in [1.54, 1.807) is 24.3 Å². The van der Waals surface area contributed by atoms with Gasteiger partial charge in [0.25, 0.3) is 11.8 Å². The molecule has 0 aliphatic carbocycles. The van der Waals surface area contributed by atoms with Crippen LogP contribution in [0.2, 0.25) is 0 Å². The zero-order valence-corrected chi connectivity index (χ0v) is 17.3. The van der Waals surface area contributed by atoms with Crippen LogP contribution in [0.3, 0.4) is 0 Å². The molecule has 0 saturated heterocycles. The van der Waals surface area contributed by atoms with Gasteiger partial charge in [-0.2, -0.15) is 5.26 Å². The Kier molecular flexibility index (Phi) is 6.17. The molecule has 0 unspecified atom stereocenters. The van der Waals surface area contributed by atoms with Gasteiger partial charge in [0.2, 0.25) is 0 Å². The van der Waals surface area contributed by atoms with Crippen molar-refractivity contribution in [2.45, 2.75) is 33.7 Å². The van der Waals surface area contributed by atoms with Gasteiger partial charge in [-0.1, -0.05) is 19.1 Å². The monoisotopic (exact) mass is 405 g/mol. The van der Waals surface area contributed by atoms with Crippen molar-refractivity contribution < 1.29 is 19.1 Å². The lowest BCUT2D eigenvalue weighted by Gasteiger charge is -2.13. The first-order valence-corrected chi connectivity index (χ1v) is 9.79. The Balaban J connectivity index is 1.65. The lowest BCUT2D eigenvalue weighted by Crippen LogP contribution is -2.33. The summed E-state index contributed by atoms with van der Waals surface area (Å²) in [6.45, 7) is 6.61. The van der Waals surface area contributed by atoms with E-state index in [2.05, 4.69) is 11.5 Å². The van der Waals surface area contributed by atoms with Crippen LogP contribution in [-0.2, 0) is 16.1 Å². The third-order valence-electron chi connectivity index (χ3n) is 5.13. The van der Waals surface area contributed by atoms with E-state index in [0.717, 1.165) is 34.8 Å². The zero-order valence-electron chi connectivity index (χ0n) is 17.3. The van der Waals surface area contributed by atoms with E-state index in [0.29, 0.717) is 11.1 Å². The van der Waals surface area contributed by atoms with Crippen LogP contribution >= 0.6 is 0 Å². The molecule has 0 atom stereocenters. The van der Waals surface area contributed by atoms with Gasteiger partial charge in [0.1, 0.15) is 18.2 Å². The second-order valence-electron chi connectivity index (χ2n) is 7.09. The second-order valence-corrected chi connectivity index (χ2v) is 7.09.